The predicted molar refractivity (Wildman–Crippen MR) is 117 cm³/mol. The Kier molecular flexibility index (Phi) is 8.81. The third-order valence-electron chi connectivity index (χ3n) is 5.33. The summed E-state index contributed by atoms with van der Waals surface area (Å²) in [5.74, 6) is 1.22. The molecule has 1 atom stereocenters. The Hall–Kier alpha value is -1.36. The van der Waals surface area contributed by atoms with E-state index in [9.17, 15) is 4.79 Å². The number of likely N-dealkylation sites (tertiary alicyclic amines) is 1. The highest BCUT2D eigenvalue weighted by molar-refractivity contribution is 14.0. The van der Waals surface area contributed by atoms with Crippen molar-refractivity contribution in [3.63, 3.8) is 0 Å². The molecule has 0 radical (unpaired) electrons. The molecule has 27 heavy (non-hydrogen) atoms. The molecule has 0 bridgehead atoms. The fourth-order valence-electron chi connectivity index (χ4n) is 3.73. The van der Waals surface area contributed by atoms with Gasteiger partial charge in [-0.05, 0) is 25.8 Å². The van der Waals surface area contributed by atoms with Crippen LogP contribution < -0.4 is 5.32 Å². The van der Waals surface area contributed by atoms with Gasteiger partial charge in [-0.2, -0.15) is 5.10 Å². The first-order valence-corrected chi connectivity index (χ1v) is 9.65. The molecule has 1 aromatic heterocycles. The molecule has 9 heteroatoms. The Labute approximate surface area is 179 Å². The molecule has 0 aliphatic carbocycles. The van der Waals surface area contributed by atoms with Gasteiger partial charge in [0, 0.05) is 65.3 Å². The monoisotopic (exact) mass is 489 g/mol. The zero-order chi connectivity index (χ0) is 18.4. The number of nitrogens with one attached hydrogen (secondary N) is 1. The molecule has 3 heterocycles. The molecule has 1 amide bonds. The van der Waals surface area contributed by atoms with Gasteiger partial charge in [0.25, 0.3) is 0 Å². The van der Waals surface area contributed by atoms with Crippen LogP contribution in [0.15, 0.2) is 23.5 Å². The number of aliphatic imine (C=N–C) groups is 1. The lowest BCUT2D eigenvalue weighted by atomic mass is 10.2. The third kappa shape index (κ3) is 5.81. The number of halogens is 1. The van der Waals surface area contributed by atoms with Crippen molar-refractivity contribution in [1.82, 2.24) is 29.8 Å². The largest absolute Gasteiger partial charge is 0.354 e. The maximum Gasteiger partial charge on any atom is 0.239 e. The van der Waals surface area contributed by atoms with Gasteiger partial charge in [-0.3, -0.25) is 19.4 Å². The summed E-state index contributed by atoms with van der Waals surface area (Å²) in [7, 11) is 1.82. The minimum Gasteiger partial charge on any atom is -0.354 e. The topological polar surface area (TPSA) is 69.0 Å². The number of piperazine rings is 1. The summed E-state index contributed by atoms with van der Waals surface area (Å²) in [6.45, 7) is 9.06. The summed E-state index contributed by atoms with van der Waals surface area (Å²) >= 11 is 0. The number of amides is 1. The van der Waals surface area contributed by atoms with E-state index in [1.807, 2.05) is 35.8 Å². The van der Waals surface area contributed by atoms with Crippen LogP contribution in [-0.2, 0) is 11.3 Å². The Morgan fingerprint density at radius 3 is 2.44 bits per heavy atom. The van der Waals surface area contributed by atoms with Gasteiger partial charge >= 0.3 is 0 Å². The van der Waals surface area contributed by atoms with Crippen molar-refractivity contribution in [3.05, 3.63) is 18.5 Å². The van der Waals surface area contributed by atoms with Gasteiger partial charge < -0.3 is 15.1 Å². The van der Waals surface area contributed by atoms with E-state index in [0.717, 1.165) is 71.2 Å². The predicted octanol–water partition coefficient (Wildman–Crippen LogP) is 0.705. The van der Waals surface area contributed by atoms with E-state index in [0.29, 0.717) is 0 Å². The summed E-state index contributed by atoms with van der Waals surface area (Å²) < 4.78 is 1.91. The Bertz CT molecular complexity index is 593. The maximum absolute atomic E-state index is 12.6. The van der Waals surface area contributed by atoms with E-state index in [-0.39, 0.29) is 35.9 Å². The second-order valence-electron chi connectivity index (χ2n) is 6.97. The molecule has 2 saturated heterocycles. The van der Waals surface area contributed by atoms with Crippen LogP contribution in [0.25, 0.3) is 0 Å². The first-order valence-electron chi connectivity index (χ1n) is 9.65. The van der Waals surface area contributed by atoms with E-state index in [1.165, 1.54) is 0 Å². The molecule has 0 spiro atoms. The van der Waals surface area contributed by atoms with Crippen LogP contribution in [0.1, 0.15) is 19.8 Å². The highest BCUT2D eigenvalue weighted by Gasteiger charge is 2.30. The lowest BCUT2D eigenvalue weighted by Crippen LogP contribution is -2.57. The minimum atomic E-state index is -0.0231. The SMILES string of the molecule is CN=C(NCCn1cccn1)N1CCN(C(C)C(=O)N2CCCC2)CC1.I. The zero-order valence-corrected chi connectivity index (χ0v) is 18.7. The summed E-state index contributed by atoms with van der Waals surface area (Å²) in [4.78, 5) is 23.6. The molecular weight excluding hydrogens is 457 g/mol. The molecular formula is C18H32IN7O. The van der Waals surface area contributed by atoms with Gasteiger partial charge in [0.05, 0.1) is 12.6 Å². The molecule has 1 aromatic rings. The molecule has 1 N–H and O–H groups in total. The number of guanidine groups is 1. The lowest BCUT2D eigenvalue weighted by molar-refractivity contribution is -0.135. The average Bonchev–Trinajstić information content (AvgIpc) is 3.38. The van der Waals surface area contributed by atoms with Crippen LogP contribution in [0.4, 0.5) is 0 Å². The molecule has 1 unspecified atom stereocenters. The number of carbonyl (C=O) groups is 1. The number of nitrogens with zero attached hydrogens (tertiary/aromatic N) is 6. The van der Waals surface area contributed by atoms with Crippen molar-refractivity contribution in [2.75, 3.05) is 52.9 Å². The zero-order valence-electron chi connectivity index (χ0n) is 16.4. The van der Waals surface area contributed by atoms with Crippen molar-refractivity contribution in [2.45, 2.75) is 32.4 Å². The molecule has 0 saturated carbocycles. The van der Waals surface area contributed by atoms with E-state index in [1.54, 1.807) is 6.20 Å². The van der Waals surface area contributed by atoms with Crippen LogP contribution in [0.2, 0.25) is 0 Å². The second-order valence-corrected chi connectivity index (χ2v) is 6.97. The van der Waals surface area contributed by atoms with Crippen molar-refractivity contribution < 1.29 is 4.79 Å². The summed E-state index contributed by atoms with van der Waals surface area (Å²) in [5, 5.41) is 7.62. The van der Waals surface area contributed by atoms with Gasteiger partial charge in [-0.1, -0.05) is 0 Å². The van der Waals surface area contributed by atoms with E-state index >= 15 is 0 Å². The second kappa shape index (κ2) is 10.8. The van der Waals surface area contributed by atoms with Crippen LogP contribution in [0, 0.1) is 0 Å². The highest BCUT2D eigenvalue weighted by Crippen LogP contribution is 2.14. The van der Waals surface area contributed by atoms with Gasteiger partial charge in [0.1, 0.15) is 0 Å². The van der Waals surface area contributed by atoms with E-state index < -0.39 is 0 Å². The normalized spacial score (nSPS) is 19.7. The van der Waals surface area contributed by atoms with Gasteiger partial charge in [-0.25, -0.2) is 0 Å². The van der Waals surface area contributed by atoms with Gasteiger partial charge in [-0.15, -0.1) is 24.0 Å². The van der Waals surface area contributed by atoms with Crippen molar-refractivity contribution in [1.29, 1.82) is 0 Å². The fourth-order valence-corrected chi connectivity index (χ4v) is 3.73. The molecule has 2 aliphatic rings. The third-order valence-corrected chi connectivity index (χ3v) is 5.33. The minimum absolute atomic E-state index is 0. The Morgan fingerprint density at radius 2 is 1.85 bits per heavy atom. The maximum atomic E-state index is 12.6. The van der Waals surface area contributed by atoms with Crippen LogP contribution >= 0.6 is 24.0 Å². The molecule has 0 aromatic carbocycles. The number of aromatic nitrogens is 2. The van der Waals surface area contributed by atoms with Crippen molar-refractivity contribution in [2.24, 2.45) is 4.99 Å². The molecule has 152 valence electrons. The van der Waals surface area contributed by atoms with Gasteiger partial charge in [0.2, 0.25) is 5.91 Å². The standard InChI is InChI=1S/C18H31N7O.HI/c1-16(17(26)23-8-3-4-9-23)22-12-14-24(15-13-22)18(19-2)20-7-11-25-10-5-6-21-25;/h5-6,10,16H,3-4,7-9,11-15H2,1-2H3,(H,19,20);1H. The Morgan fingerprint density at radius 1 is 1.15 bits per heavy atom. The van der Waals surface area contributed by atoms with Crippen LogP contribution in [0.5, 0.6) is 0 Å². The van der Waals surface area contributed by atoms with Crippen molar-refractivity contribution in [3.8, 4) is 0 Å². The number of rotatable bonds is 5. The number of hydrogen-bond donors (Lipinski definition) is 1. The summed E-state index contributed by atoms with van der Waals surface area (Å²) in [6, 6.07) is 1.91. The molecule has 2 fully saturated rings. The van der Waals surface area contributed by atoms with Crippen LogP contribution in [-0.4, -0.2) is 95.2 Å². The smallest absolute Gasteiger partial charge is 0.239 e. The molecule has 8 nitrogen and oxygen atoms in total. The summed E-state index contributed by atoms with van der Waals surface area (Å²) in [6.07, 6.45) is 6.04. The van der Waals surface area contributed by atoms with E-state index in [2.05, 4.69) is 25.2 Å². The van der Waals surface area contributed by atoms with Gasteiger partial charge in [0.15, 0.2) is 5.96 Å². The first-order chi connectivity index (χ1) is 12.7. The highest BCUT2D eigenvalue weighted by atomic mass is 127. The number of carbonyl (C=O) groups excluding carboxylic acids is 1. The van der Waals surface area contributed by atoms with E-state index in [4.69, 9.17) is 0 Å². The van der Waals surface area contributed by atoms with Crippen LogP contribution in [0.3, 0.4) is 0 Å². The number of hydrogen-bond acceptors (Lipinski definition) is 4. The fraction of sp³-hybridized carbons (Fsp3) is 0.722. The van der Waals surface area contributed by atoms with Crippen molar-refractivity contribution >= 4 is 35.8 Å². The molecule has 2 aliphatic heterocycles. The summed E-state index contributed by atoms with van der Waals surface area (Å²) in [5.41, 5.74) is 0. The first kappa shape index (κ1) is 21.9. The lowest BCUT2D eigenvalue weighted by Gasteiger charge is -2.39. The Balaban J connectivity index is 0.00000261. The quantitative estimate of drug-likeness (QED) is 0.375. The average molecular weight is 489 g/mol. The molecule has 3 rings (SSSR count).